The quantitative estimate of drug-likeness (QED) is 0.842. The summed E-state index contributed by atoms with van der Waals surface area (Å²) in [7, 11) is 0. The van der Waals surface area contributed by atoms with Crippen LogP contribution in [-0.4, -0.2) is 6.54 Å². The van der Waals surface area contributed by atoms with E-state index in [2.05, 4.69) is 21.2 Å². The van der Waals surface area contributed by atoms with Crippen molar-refractivity contribution in [1.82, 2.24) is 5.32 Å². The van der Waals surface area contributed by atoms with Gasteiger partial charge < -0.3 is 10.1 Å². The molecule has 0 saturated carbocycles. The van der Waals surface area contributed by atoms with Crippen LogP contribution in [0, 0.1) is 5.82 Å². The van der Waals surface area contributed by atoms with Crippen LogP contribution in [0.5, 0.6) is 5.75 Å². The predicted octanol–water partition coefficient (Wildman–Crippen LogP) is 4.34. The second-order valence-electron chi connectivity index (χ2n) is 4.00. The number of hydrogen-bond donors (Lipinski definition) is 1. The van der Waals surface area contributed by atoms with E-state index in [9.17, 15) is 4.39 Å². The molecule has 1 aromatic heterocycles. The molecule has 0 atom stereocenters. The SMILES string of the molecule is CCNCc1cccc(F)c1OCc1ccc(Br)s1. The average Bonchev–Trinajstić information content (AvgIpc) is 2.81. The van der Waals surface area contributed by atoms with Gasteiger partial charge in [0.25, 0.3) is 0 Å². The maximum atomic E-state index is 13.8. The van der Waals surface area contributed by atoms with Crippen molar-refractivity contribution in [2.75, 3.05) is 6.54 Å². The van der Waals surface area contributed by atoms with E-state index >= 15 is 0 Å². The Balaban J connectivity index is 2.09. The van der Waals surface area contributed by atoms with Crippen LogP contribution in [0.1, 0.15) is 17.4 Å². The van der Waals surface area contributed by atoms with Gasteiger partial charge in [-0.1, -0.05) is 19.1 Å². The summed E-state index contributed by atoms with van der Waals surface area (Å²) in [5, 5.41) is 3.18. The maximum absolute atomic E-state index is 13.8. The van der Waals surface area contributed by atoms with Crippen LogP contribution < -0.4 is 10.1 Å². The van der Waals surface area contributed by atoms with E-state index in [1.54, 1.807) is 17.4 Å². The van der Waals surface area contributed by atoms with E-state index < -0.39 is 0 Å². The van der Waals surface area contributed by atoms with Crippen LogP contribution in [0.15, 0.2) is 34.1 Å². The Labute approximate surface area is 124 Å². The second kappa shape index (κ2) is 7.03. The highest BCUT2D eigenvalue weighted by Crippen LogP contribution is 2.27. The number of para-hydroxylation sites is 1. The molecular weight excluding hydrogens is 329 g/mol. The van der Waals surface area contributed by atoms with Gasteiger partial charge in [0.15, 0.2) is 11.6 Å². The summed E-state index contributed by atoms with van der Waals surface area (Å²) in [6.07, 6.45) is 0. The van der Waals surface area contributed by atoms with Crippen LogP contribution in [0.2, 0.25) is 0 Å². The number of thiophene rings is 1. The van der Waals surface area contributed by atoms with Crippen molar-refractivity contribution in [3.63, 3.8) is 0 Å². The Hall–Kier alpha value is -0.910. The summed E-state index contributed by atoms with van der Waals surface area (Å²) in [5.41, 5.74) is 0.845. The van der Waals surface area contributed by atoms with Crippen molar-refractivity contribution in [3.8, 4) is 5.75 Å². The molecule has 0 radical (unpaired) electrons. The Morgan fingerprint density at radius 2 is 2.16 bits per heavy atom. The van der Waals surface area contributed by atoms with E-state index in [-0.39, 0.29) is 5.82 Å². The first-order valence-corrected chi connectivity index (χ1v) is 7.66. The Kier molecular flexibility index (Phi) is 5.36. The van der Waals surface area contributed by atoms with Crippen molar-refractivity contribution in [2.45, 2.75) is 20.1 Å². The fourth-order valence-corrected chi connectivity index (χ4v) is 3.08. The van der Waals surface area contributed by atoms with E-state index in [0.29, 0.717) is 18.9 Å². The molecule has 0 unspecified atom stereocenters. The highest BCUT2D eigenvalue weighted by Gasteiger charge is 2.10. The fourth-order valence-electron chi connectivity index (χ4n) is 1.69. The summed E-state index contributed by atoms with van der Waals surface area (Å²) in [6, 6.07) is 8.95. The monoisotopic (exact) mass is 343 g/mol. The highest BCUT2D eigenvalue weighted by molar-refractivity contribution is 9.11. The van der Waals surface area contributed by atoms with Gasteiger partial charge in [-0.15, -0.1) is 11.3 Å². The standard InChI is InChI=1S/C14H15BrFNOS/c1-2-17-8-10-4-3-5-12(16)14(10)18-9-11-6-7-13(15)19-11/h3-7,17H,2,8-9H2,1H3. The van der Waals surface area contributed by atoms with Gasteiger partial charge in [-0.3, -0.25) is 0 Å². The summed E-state index contributed by atoms with van der Waals surface area (Å²) in [5.74, 6) is 0.0268. The molecule has 1 aromatic carbocycles. The smallest absolute Gasteiger partial charge is 0.165 e. The van der Waals surface area contributed by atoms with Crippen molar-refractivity contribution in [1.29, 1.82) is 0 Å². The minimum absolute atomic E-state index is 0.314. The first-order chi connectivity index (χ1) is 9.20. The Bertz CT molecular complexity index is 544. The number of benzene rings is 1. The molecule has 1 N–H and O–H groups in total. The highest BCUT2D eigenvalue weighted by atomic mass is 79.9. The summed E-state index contributed by atoms with van der Waals surface area (Å²) in [4.78, 5) is 1.06. The van der Waals surface area contributed by atoms with Crippen LogP contribution in [0.4, 0.5) is 4.39 Å². The molecular formula is C14H15BrFNOS. The normalized spacial score (nSPS) is 10.7. The largest absolute Gasteiger partial charge is 0.485 e. The van der Waals surface area contributed by atoms with Gasteiger partial charge in [0.2, 0.25) is 0 Å². The lowest BCUT2D eigenvalue weighted by atomic mass is 10.2. The first kappa shape index (κ1) is 14.5. The third kappa shape index (κ3) is 4.03. The summed E-state index contributed by atoms with van der Waals surface area (Å²) >= 11 is 4.99. The number of halogens is 2. The van der Waals surface area contributed by atoms with E-state index in [4.69, 9.17) is 4.74 Å². The van der Waals surface area contributed by atoms with E-state index in [0.717, 1.165) is 20.8 Å². The molecule has 1 heterocycles. The third-order valence-corrected chi connectivity index (χ3v) is 4.20. The number of hydrogen-bond acceptors (Lipinski definition) is 3. The van der Waals surface area contributed by atoms with Crippen molar-refractivity contribution >= 4 is 27.3 Å². The minimum Gasteiger partial charge on any atom is -0.485 e. The fraction of sp³-hybridized carbons (Fsp3) is 0.286. The molecule has 5 heteroatoms. The molecule has 0 amide bonds. The summed E-state index contributed by atoms with van der Waals surface area (Å²) in [6.45, 7) is 3.85. The topological polar surface area (TPSA) is 21.3 Å². The zero-order chi connectivity index (χ0) is 13.7. The molecule has 2 nitrogen and oxygen atoms in total. The molecule has 0 spiro atoms. The number of ether oxygens (including phenoxy) is 1. The summed E-state index contributed by atoms with van der Waals surface area (Å²) < 4.78 is 20.5. The molecule has 19 heavy (non-hydrogen) atoms. The lowest BCUT2D eigenvalue weighted by Gasteiger charge is -2.12. The van der Waals surface area contributed by atoms with Crippen LogP contribution in [0.3, 0.4) is 0 Å². The molecule has 102 valence electrons. The molecule has 0 aliphatic carbocycles. The van der Waals surface area contributed by atoms with Gasteiger partial charge in [0.1, 0.15) is 6.61 Å². The first-order valence-electron chi connectivity index (χ1n) is 6.06. The average molecular weight is 344 g/mol. The van der Waals surface area contributed by atoms with Gasteiger partial charge in [-0.05, 0) is 40.7 Å². The molecule has 0 fully saturated rings. The van der Waals surface area contributed by atoms with Crippen molar-refractivity contribution in [3.05, 3.63) is 50.4 Å². The number of nitrogens with one attached hydrogen (secondary N) is 1. The minimum atomic E-state index is -0.314. The van der Waals surface area contributed by atoms with Gasteiger partial charge in [-0.2, -0.15) is 0 Å². The van der Waals surface area contributed by atoms with Crippen LogP contribution >= 0.6 is 27.3 Å². The third-order valence-electron chi connectivity index (χ3n) is 2.60. The number of rotatable bonds is 6. The van der Waals surface area contributed by atoms with E-state index in [1.165, 1.54) is 6.07 Å². The van der Waals surface area contributed by atoms with Gasteiger partial charge in [-0.25, -0.2) is 4.39 Å². The zero-order valence-electron chi connectivity index (χ0n) is 10.6. The van der Waals surface area contributed by atoms with Gasteiger partial charge >= 0.3 is 0 Å². The van der Waals surface area contributed by atoms with Crippen molar-refractivity contribution < 1.29 is 9.13 Å². The van der Waals surface area contributed by atoms with Crippen LogP contribution in [0.25, 0.3) is 0 Å². The second-order valence-corrected chi connectivity index (χ2v) is 6.55. The Morgan fingerprint density at radius 3 is 2.84 bits per heavy atom. The molecule has 0 saturated heterocycles. The lowest BCUT2D eigenvalue weighted by Crippen LogP contribution is -2.13. The van der Waals surface area contributed by atoms with Crippen molar-refractivity contribution in [2.24, 2.45) is 0 Å². The van der Waals surface area contributed by atoms with Gasteiger partial charge in [0.05, 0.1) is 3.79 Å². The zero-order valence-corrected chi connectivity index (χ0v) is 13.0. The Morgan fingerprint density at radius 1 is 1.32 bits per heavy atom. The molecule has 0 bridgehead atoms. The maximum Gasteiger partial charge on any atom is 0.165 e. The molecule has 2 aromatic rings. The lowest BCUT2D eigenvalue weighted by molar-refractivity contribution is 0.289. The molecule has 2 rings (SSSR count). The molecule has 0 aliphatic heterocycles. The molecule has 0 aliphatic rings. The van der Waals surface area contributed by atoms with E-state index in [1.807, 2.05) is 25.1 Å². The van der Waals surface area contributed by atoms with Crippen LogP contribution in [-0.2, 0) is 13.2 Å². The van der Waals surface area contributed by atoms with Gasteiger partial charge in [0, 0.05) is 17.0 Å². The predicted molar refractivity (Wildman–Crippen MR) is 80.1 cm³/mol.